The van der Waals surface area contributed by atoms with E-state index in [0.717, 1.165) is 19.3 Å². The molecule has 34 heavy (non-hydrogen) atoms. The van der Waals surface area contributed by atoms with E-state index < -0.39 is 0 Å². The van der Waals surface area contributed by atoms with Gasteiger partial charge in [-0.2, -0.15) is 0 Å². The average Bonchev–Trinajstić information content (AvgIpc) is 3.20. The Hall–Kier alpha value is -3.10. The summed E-state index contributed by atoms with van der Waals surface area (Å²) in [5, 5.41) is 9.10. The summed E-state index contributed by atoms with van der Waals surface area (Å²) in [5.41, 5.74) is 1.04. The number of aromatic nitrogens is 3. The van der Waals surface area contributed by atoms with Crippen LogP contribution in [0.2, 0.25) is 10.2 Å². The number of amides is 1. The third-order valence-electron chi connectivity index (χ3n) is 6.23. The summed E-state index contributed by atoms with van der Waals surface area (Å²) in [7, 11) is 0. The Labute approximate surface area is 204 Å². The number of rotatable bonds is 5. The zero-order valence-corrected chi connectivity index (χ0v) is 19.9. The van der Waals surface area contributed by atoms with Gasteiger partial charge < -0.3 is 19.1 Å². The molecular weight excluding hydrogens is 479 g/mol. The quantitative estimate of drug-likeness (QED) is 0.394. The minimum atomic E-state index is -0.232. The van der Waals surface area contributed by atoms with Gasteiger partial charge in [0.05, 0.1) is 10.5 Å². The monoisotopic (exact) mass is 500 g/mol. The first-order valence-corrected chi connectivity index (χ1v) is 11.8. The molecule has 1 fully saturated rings. The zero-order chi connectivity index (χ0) is 23.8. The number of halogens is 2. The maximum Gasteiger partial charge on any atom is 0.264 e. The molecule has 176 valence electrons. The molecule has 0 radical (unpaired) electrons. The fraction of sp³-hybridized carbons (Fsp3) is 0.333. The predicted octanol–water partition coefficient (Wildman–Crippen LogP) is 4.83. The minimum absolute atomic E-state index is 0.0868. The van der Waals surface area contributed by atoms with Crippen molar-refractivity contribution in [1.82, 2.24) is 20.0 Å². The summed E-state index contributed by atoms with van der Waals surface area (Å²) in [6.45, 7) is 1.59. The molecule has 0 bridgehead atoms. The molecule has 4 aromatic rings. The molecule has 0 aliphatic heterocycles. The molecular formula is C24H22Cl2N4O4. The van der Waals surface area contributed by atoms with E-state index in [1.807, 2.05) is 12.1 Å². The van der Waals surface area contributed by atoms with Crippen LogP contribution in [-0.4, -0.2) is 33.3 Å². The van der Waals surface area contributed by atoms with E-state index in [0.29, 0.717) is 49.9 Å². The molecule has 2 atom stereocenters. The van der Waals surface area contributed by atoms with Crippen LogP contribution in [0.1, 0.15) is 37.5 Å². The average molecular weight is 501 g/mol. The lowest BCUT2D eigenvalue weighted by Crippen LogP contribution is -2.42. The van der Waals surface area contributed by atoms with Crippen LogP contribution in [0.25, 0.3) is 21.8 Å². The minimum Gasteiger partial charge on any atom is -0.484 e. The van der Waals surface area contributed by atoms with Crippen molar-refractivity contribution in [1.29, 1.82) is 0 Å². The van der Waals surface area contributed by atoms with Crippen molar-refractivity contribution < 1.29 is 14.1 Å². The number of hydrogen-bond donors (Lipinski definition) is 1. The molecule has 3 heterocycles. The van der Waals surface area contributed by atoms with Gasteiger partial charge in [-0.25, -0.2) is 4.98 Å². The number of carbonyl (C=O) groups is 1. The maximum atomic E-state index is 13.5. The Bertz CT molecular complexity index is 1450. The van der Waals surface area contributed by atoms with Gasteiger partial charge >= 0.3 is 0 Å². The second-order valence-corrected chi connectivity index (χ2v) is 9.25. The van der Waals surface area contributed by atoms with Gasteiger partial charge in [0.25, 0.3) is 11.5 Å². The number of benzene rings is 1. The van der Waals surface area contributed by atoms with Crippen LogP contribution < -0.4 is 15.6 Å². The van der Waals surface area contributed by atoms with Gasteiger partial charge in [-0.15, -0.1) is 0 Å². The number of fused-ring (bicyclic) bond motifs is 3. The van der Waals surface area contributed by atoms with E-state index in [2.05, 4.69) is 15.5 Å². The van der Waals surface area contributed by atoms with Crippen LogP contribution in [0.15, 0.2) is 45.8 Å². The smallest absolute Gasteiger partial charge is 0.264 e. The standard InChI is InChI=1S/C24H22Cl2N4O4/c1-13-21-23(29-34-13)22-17(25)6-3-7-18(22)30(24(21)32)15-5-2-4-14(10-15)28-20(31)12-33-16-8-9-27-19(26)11-16/h3,6-9,11,14-15H,2,4-5,10,12H2,1H3,(H,28,31)/t14-,15+/m1/s1. The fourth-order valence-corrected chi connectivity index (χ4v) is 5.18. The van der Waals surface area contributed by atoms with Gasteiger partial charge in [0.2, 0.25) is 0 Å². The van der Waals surface area contributed by atoms with Crippen molar-refractivity contribution in [3.8, 4) is 5.75 Å². The van der Waals surface area contributed by atoms with Gasteiger partial charge in [-0.1, -0.05) is 34.4 Å². The first-order chi connectivity index (χ1) is 16.4. The highest BCUT2D eigenvalue weighted by Crippen LogP contribution is 2.35. The number of aryl methyl sites for hydroxylation is 1. The topological polar surface area (TPSA) is 99.2 Å². The highest BCUT2D eigenvalue weighted by molar-refractivity contribution is 6.37. The van der Waals surface area contributed by atoms with Gasteiger partial charge in [-0.05, 0) is 50.8 Å². The van der Waals surface area contributed by atoms with Gasteiger partial charge in [0.15, 0.2) is 6.61 Å². The Kier molecular flexibility index (Phi) is 6.18. The molecule has 1 amide bonds. The van der Waals surface area contributed by atoms with E-state index in [4.69, 9.17) is 32.5 Å². The van der Waals surface area contributed by atoms with Crippen LogP contribution in [0, 0.1) is 6.92 Å². The van der Waals surface area contributed by atoms with Crippen LogP contribution in [0.4, 0.5) is 0 Å². The van der Waals surface area contributed by atoms with Crippen molar-refractivity contribution in [3.63, 3.8) is 0 Å². The molecule has 3 aromatic heterocycles. The molecule has 10 heteroatoms. The third kappa shape index (κ3) is 4.23. The van der Waals surface area contributed by atoms with Crippen LogP contribution in [0.5, 0.6) is 5.75 Å². The van der Waals surface area contributed by atoms with Gasteiger partial charge in [-0.3, -0.25) is 9.59 Å². The zero-order valence-electron chi connectivity index (χ0n) is 18.4. The van der Waals surface area contributed by atoms with Gasteiger partial charge in [0, 0.05) is 29.7 Å². The van der Waals surface area contributed by atoms with E-state index in [1.54, 1.807) is 29.7 Å². The van der Waals surface area contributed by atoms with Crippen molar-refractivity contribution >= 4 is 50.9 Å². The van der Waals surface area contributed by atoms with E-state index in [-0.39, 0.29) is 30.2 Å². The molecule has 5 rings (SSSR count). The van der Waals surface area contributed by atoms with Crippen LogP contribution in [0.3, 0.4) is 0 Å². The molecule has 8 nitrogen and oxygen atoms in total. The number of carbonyl (C=O) groups excluding carboxylic acids is 1. The van der Waals surface area contributed by atoms with E-state index in [9.17, 15) is 9.59 Å². The summed E-state index contributed by atoms with van der Waals surface area (Å²) in [4.78, 5) is 30.0. The molecule has 1 N–H and O–H groups in total. The second kappa shape index (κ2) is 9.27. The van der Waals surface area contributed by atoms with Crippen LogP contribution in [-0.2, 0) is 4.79 Å². The predicted molar refractivity (Wildman–Crippen MR) is 130 cm³/mol. The normalized spacial score (nSPS) is 18.3. The highest BCUT2D eigenvalue weighted by atomic mass is 35.5. The molecule has 1 saturated carbocycles. The molecule has 0 saturated heterocycles. The SMILES string of the molecule is Cc1onc2c1c(=O)n([C@H]1CCC[C@@H](NC(=O)COc3ccnc(Cl)c3)C1)c1cccc(Cl)c21. The lowest BCUT2D eigenvalue weighted by atomic mass is 9.90. The summed E-state index contributed by atoms with van der Waals surface area (Å²) in [5.74, 6) is 0.706. The first-order valence-electron chi connectivity index (χ1n) is 11.0. The molecule has 0 spiro atoms. The molecule has 1 aliphatic carbocycles. The lowest BCUT2D eigenvalue weighted by molar-refractivity contribution is -0.124. The Balaban J connectivity index is 1.39. The van der Waals surface area contributed by atoms with Crippen molar-refractivity contribution in [2.45, 2.75) is 44.7 Å². The second-order valence-electron chi connectivity index (χ2n) is 8.46. The lowest BCUT2D eigenvalue weighted by Gasteiger charge is -2.32. The highest BCUT2D eigenvalue weighted by Gasteiger charge is 2.28. The van der Waals surface area contributed by atoms with Gasteiger partial charge in [0.1, 0.15) is 27.6 Å². The Morgan fingerprint density at radius 3 is 2.94 bits per heavy atom. The number of pyridine rings is 2. The number of nitrogens with one attached hydrogen (secondary N) is 1. The fourth-order valence-electron chi connectivity index (χ4n) is 4.76. The van der Waals surface area contributed by atoms with Crippen molar-refractivity contribution in [2.75, 3.05) is 6.61 Å². The summed E-state index contributed by atoms with van der Waals surface area (Å²) in [6.07, 6.45) is 4.64. The third-order valence-corrected chi connectivity index (χ3v) is 6.75. The largest absolute Gasteiger partial charge is 0.484 e. The summed E-state index contributed by atoms with van der Waals surface area (Å²) < 4.78 is 12.7. The van der Waals surface area contributed by atoms with E-state index in [1.165, 1.54) is 6.20 Å². The van der Waals surface area contributed by atoms with E-state index >= 15 is 0 Å². The summed E-state index contributed by atoms with van der Waals surface area (Å²) >= 11 is 12.4. The Morgan fingerprint density at radius 1 is 1.26 bits per heavy atom. The number of nitrogens with zero attached hydrogens (tertiary/aromatic N) is 3. The van der Waals surface area contributed by atoms with Crippen molar-refractivity contribution in [3.05, 3.63) is 62.8 Å². The van der Waals surface area contributed by atoms with Crippen molar-refractivity contribution in [2.24, 2.45) is 0 Å². The number of hydrogen-bond acceptors (Lipinski definition) is 6. The summed E-state index contributed by atoms with van der Waals surface area (Å²) in [6, 6.07) is 8.48. The molecule has 1 aromatic carbocycles. The first kappa shape index (κ1) is 22.7. The Morgan fingerprint density at radius 2 is 2.12 bits per heavy atom. The maximum absolute atomic E-state index is 13.5. The molecule has 0 unspecified atom stereocenters. The van der Waals surface area contributed by atoms with Crippen LogP contribution >= 0.6 is 23.2 Å². The number of ether oxygens (including phenoxy) is 1. The molecule has 1 aliphatic rings.